The molecule has 33 heavy (non-hydrogen) atoms. The van der Waals surface area contributed by atoms with E-state index in [1.807, 2.05) is 41.3 Å². The van der Waals surface area contributed by atoms with Gasteiger partial charge in [0.1, 0.15) is 5.82 Å². The third kappa shape index (κ3) is 3.78. The van der Waals surface area contributed by atoms with Crippen LogP contribution >= 0.6 is 0 Å². The lowest BCUT2D eigenvalue weighted by atomic mass is 9.91. The van der Waals surface area contributed by atoms with Crippen LogP contribution in [-0.4, -0.2) is 35.4 Å². The summed E-state index contributed by atoms with van der Waals surface area (Å²) in [7, 11) is 0. The van der Waals surface area contributed by atoms with Gasteiger partial charge in [-0.25, -0.2) is 4.39 Å². The number of benzene rings is 3. The van der Waals surface area contributed by atoms with Crippen molar-refractivity contribution in [3.05, 3.63) is 101 Å². The summed E-state index contributed by atoms with van der Waals surface area (Å²) >= 11 is 0. The van der Waals surface area contributed by atoms with E-state index in [0.717, 1.165) is 42.0 Å². The first-order valence-corrected chi connectivity index (χ1v) is 11.6. The largest absolute Gasteiger partial charge is 0.372 e. The molecule has 0 unspecified atom stereocenters. The summed E-state index contributed by atoms with van der Waals surface area (Å²) in [4.78, 5) is 21.5. The summed E-state index contributed by atoms with van der Waals surface area (Å²) in [5.41, 5.74) is 5.99. The average molecular weight is 442 g/mol. The first-order chi connectivity index (χ1) is 16.1. The van der Waals surface area contributed by atoms with Crippen molar-refractivity contribution >= 4 is 22.5 Å². The highest BCUT2D eigenvalue weighted by molar-refractivity contribution is 5.96. The maximum atomic E-state index is 13.7. The summed E-state index contributed by atoms with van der Waals surface area (Å²) in [6.45, 7) is 6.70. The lowest BCUT2D eigenvalue weighted by molar-refractivity contribution is 0.0692. The predicted octanol–water partition coefficient (Wildman–Crippen LogP) is 5.94. The number of rotatable bonds is 5. The molecule has 1 atom stereocenters. The number of hydrogen-bond donors (Lipinski definition) is 1. The lowest BCUT2D eigenvalue weighted by Crippen LogP contribution is -2.40. The monoisotopic (exact) mass is 441 g/mol. The quantitative estimate of drug-likeness (QED) is 0.416. The van der Waals surface area contributed by atoms with Gasteiger partial charge in [0.2, 0.25) is 0 Å². The summed E-state index contributed by atoms with van der Waals surface area (Å²) in [6.07, 6.45) is 0.778. The first-order valence-electron chi connectivity index (χ1n) is 11.6. The number of carbonyl (C=O) groups excluding carboxylic acids is 1. The zero-order valence-electron chi connectivity index (χ0n) is 19.0. The molecule has 5 heteroatoms. The van der Waals surface area contributed by atoms with Crippen LogP contribution in [0.25, 0.3) is 10.9 Å². The van der Waals surface area contributed by atoms with Crippen LogP contribution < -0.4 is 4.90 Å². The van der Waals surface area contributed by atoms with Gasteiger partial charge >= 0.3 is 0 Å². The Labute approximate surface area is 193 Å². The fourth-order valence-corrected chi connectivity index (χ4v) is 5.02. The molecular weight excluding hydrogens is 413 g/mol. The maximum absolute atomic E-state index is 13.7. The molecule has 0 bridgehead atoms. The van der Waals surface area contributed by atoms with E-state index in [2.05, 4.69) is 35.9 Å². The number of para-hydroxylation sites is 1. The Morgan fingerprint density at radius 2 is 1.70 bits per heavy atom. The van der Waals surface area contributed by atoms with E-state index in [0.29, 0.717) is 12.1 Å². The van der Waals surface area contributed by atoms with Gasteiger partial charge in [-0.15, -0.1) is 0 Å². The summed E-state index contributed by atoms with van der Waals surface area (Å²) in [5.74, 6) is -0.295. The van der Waals surface area contributed by atoms with E-state index in [4.69, 9.17) is 0 Å². The fourth-order valence-electron chi connectivity index (χ4n) is 5.02. The Balaban J connectivity index is 1.56. The number of amides is 1. The van der Waals surface area contributed by atoms with E-state index in [1.165, 1.54) is 23.1 Å². The summed E-state index contributed by atoms with van der Waals surface area (Å²) < 4.78 is 13.7. The van der Waals surface area contributed by atoms with Crippen LogP contribution in [0.4, 0.5) is 10.1 Å². The molecule has 0 aliphatic carbocycles. The van der Waals surface area contributed by atoms with Gasteiger partial charge in [0, 0.05) is 47.5 Å². The van der Waals surface area contributed by atoms with Crippen LogP contribution in [0, 0.1) is 5.82 Å². The lowest BCUT2D eigenvalue weighted by Gasteiger charge is -2.36. The second-order valence-corrected chi connectivity index (χ2v) is 8.48. The normalized spacial score (nSPS) is 15.5. The van der Waals surface area contributed by atoms with Gasteiger partial charge in [-0.05, 0) is 73.9 Å². The first kappa shape index (κ1) is 21.3. The second kappa shape index (κ2) is 8.74. The highest BCUT2D eigenvalue weighted by Gasteiger charge is 2.35. The van der Waals surface area contributed by atoms with Crippen LogP contribution in [-0.2, 0) is 6.42 Å². The van der Waals surface area contributed by atoms with Gasteiger partial charge in [0.15, 0.2) is 0 Å². The Hall–Kier alpha value is -3.60. The summed E-state index contributed by atoms with van der Waals surface area (Å²) in [5, 5.41) is 1.19. The third-order valence-corrected chi connectivity index (χ3v) is 6.72. The number of carbonyl (C=O) groups is 1. The molecule has 1 aliphatic rings. The van der Waals surface area contributed by atoms with E-state index in [-0.39, 0.29) is 17.8 Å². The predicted molar refractivity (Wildman–Crippen MR) is 131 cm³/mol. The molecule has 0 saturated carbocycles. The topological polar surface area (TPSA) is 39.3 Å². The minimum atomic E-state index is -0.295. The number of hydrogen-bond acceptors (Lipinski definition) is 2. The number of nitrogens with one attached hydrogen (secondary N) is 1. The van der Waals surface area contributed by atoms with Crippen molar-refractivity contribution in [2.75, 3.05) is 24.5 Å². The molecule has 1 aliphatic heterocycles. The molecule has 0 spiro atoms. The van der Waals surface area contributed by atoms with Crippen molar-refractivity contribution in [3.8, 4) is 0 Å². The molecule has 4 nitrogen and oxygen atoms in total. The molecule has 2 heterocycles. The average Bonchev–Trinajstić information content (AvgIpc) is 3.24. The van der Waals surface area contributed by atoms with E-state index >= 15 is 0 Å². The molecule has 1 amide bonds. The molecule has 1 aromatic heterocycles. The molecular formula is C28H28FN3O. The Kier molecular flexibility index (Phi) is 5.63. The van der Waals surface area contributed by atoms with Gasteiger partial charge < -0.3 is 14.8 Å². The molecule has 5 rings (SSSR count). The maximum Gasteiger partial charge on any atom is 0.254 e. The number of anilines is 1. The van der Waals surface area contributed by atoms with E-state index in [9.17, 15) is 9.18 Å². The number of nitrogens with zero attached hydrogens (tertiary/aromatic N) is 2. The van der Waals surface area contributed by atoms with Gasteiger partial charge in [0.25, 0.3) is 5.91 Å². The second-order valence-electron chi connectivity index (χ2n) is 8.48. The molecule has 168 valence electrons. The molecule has 4 aromatic rings. The van der Waals surface area contributed by atoms with Crippen LogP contribution in [0.3, 0.4) is 0 Å². The number of aromatic nitrogens is 1. The van der Waals surface area contributed by atoms with Crippen molar-refractivity contribution in [3.63, 3.8) is 0 Å². The van der Waals surface area contributed by atoms with Crippen LogP contribution in [0.2, 0.25) is 0 Å². The van der Waals surface area contributed by atoms with Crippen LogP contribution in [0.15, 0.2) is 72.8 Å². The van der Waals surface area contributed by atoms with Gasteiger partial charge in [-0.3, -0.25) is 4.79 Å². The molecule has 0 fully saturated rings. The standard InChI is InChI=1S/C28H28FN3O/c1-3-31(4-2)22-15-11-20(12-16-22)28(33)32-18-17-24-23-7-5-6-8-25(23)30-26(24)27(32)19-9-13-21(29)14-10-19/h5-16,27,30H,3-4,17-18H2,1-2H3/t27-/m1/s1. The highest BCUT2D eigenvalue weighted by Crippen LogP contribution is 2.39. The van der Waals surface area contributed by atoms with Gasteiger partial charge in [-0.1, -0.05) is 30.3 Å². The number of H-pyrrole nitrogens is 1. The van der Waals surface area contributed by atoms with Crippen LogP contribution in [0.5, 0.6) is 0 Å². The Morgan fingerprint density at radius 3 is 2.39 bits per heavy atom. The van der Waals surface area contributed by atoms with Crippen molar-refractivity contribution in [1.29, 1.82) is 0 Å². The third-order valence-electron chi connectivity index (χ3n) is 6.72. The smallest absolute Gasteiger partial charge is 0.254 e. The Morgan fingerprint density at radius 1 is 1.00 bits per heavy atom. The number of aromatic amines is 1. The zero-order valence-corrected chi connectivity index (χ0v) is 19.0. The van der Waals surface area contributed by atoms with Crippen molar-refractivity contribution < 1.29 is 9.18 Å². The summed E-state index contributed by atoms with van der Waals surface area (Å²) in [6, 6.07) is 22.3. The van der Waals surface area contributed by atoms with E-state index < -0.39 is 0 Å². The number of halogens is 1. The Bertz CT molecular complexity index is 1270. The zero-order chi connectivity index (χ0) is 22.9. The van der Waals surface area contributed by atoms with Crippen molar-refractivity contribution in [1.82, 2.24) is 9.88 Å². The van der Waals surface area contributed by atoms with Crippen molar-refractivity contribution in [2.45, 2.75) is 26.3 Å². The number of fused-ring (bicyclic) bond motifs is 3. The molecule has 0 saturated heterocycles. The minimum Gasteiger partial charge on any atom is -0.372 e. The van der Waals surface area contributed by atoms with E-state index in [1.54, 1.807) is 12.1 Å². The minimum absolute atomic E-state index is 0.0141. The van der Waals surface area contributed by atoms with Gasteiger partial charge in [-0.2, -0.15) is 0 Å². The highest BCUT2D eigenvalue weighted by atomic mass is 19.1. The van der Waals surface area contributed by atoms with Crippen LogP contribution in [0.1, 0.15) is 47.1 Å². The SMILES string of the molecule is CCN(CC)c1ccc(C(=O)N2CCc3c([nH]c4ccccc34)[C@H]2c2ccc(F)cc2)cc1. The van der Waals surface area contributed by atoms with Gasteiger partial charge in [0.05, 0.1) is 6.04 Å². The molecule has 3 aromatic carbocycles. The molecule has 1 N–H and O–H groups in total. The fraction of sp³-hybridized carbons (Fsp3) is 0.250. The van der Waals surface area contributed by atoms with Crippen molar-refractivity contribution in [2.24, 2.45) is 0 Å². The molecule has 0 radical (unpaired) electrons.